The Morgan fingerprint density at radius 3 is 2.45 bits per heavy atom. The first-order chi connectivity index (χ1) is 19.3. The van der Waals surface area contributed by atoms with Crippen molar-refractivity contribution in [2.75, 3.05) is 32.5 Å². The van der Waals surface area contributed by atoms with E-state index in [4.69, 9.17) is 9.97 Å². The monoisotopic (exact) mass is 546 g/mol. The Kier molecular flexibility index (Phi) is 9.06. The predicted molar refractivity (Wildman–Crippen MR) is 161 cm³/mol. The van der Waals surface area contributed by atoms with Crippen molar-refractivity contribution in [2.45, 2.75) is 95.9 Å². The zero-order chi connectivity index (χ0) is 28.2. The highest BCUT2D eigenvalue weighted by Crippen LogP contribution is 2.38. The first-order valence-electron chi connectivity index (χ1n) is 15.2. The van der Waals surface area contributed by atoms with Crippen LogP contribution in [0.15, 0.2) is 36.7 Å². The number of likely N-dealkylation sites (tertiary alicyclic amines) is 1. The number of piperidine rings is 1. The van der Waals surface area contributed by atoms with Gasteiger partial charge in [0.15, 0.2) is 0 Å². The second-order valence-corrected chi connectivity index (χ2v) is 12.2. The molecule has 2 N–H and O–H groups in total. The molecule has 0 bridgehead atoms. The highest BCUT2D eigenvalue weighted by molar-refractivity contribution is 5.94. The number of aliphatic hydroxyl groups is 1. The van der Waals surface area contributed by atoms with Crippen molar-refractivity contribution in [3.8, 4) is 0 Å². The third kappa shape index (κ3) is 6.50. The topological polar surface area (TPSA) is 86.5 Å². The number of benzene rings is 1. The van der Waals surface area contributed by atoms with Gasteiger partial charge in [0.2, 0.25) is 5.95 Å². The lowest BCUT2D eigenvalue weighted by Gasteiger charge is -2.32. The van der Waals surface area contributed by atoms with Gasteiger partial charge in [0.25, 0.3) is 5.91 Å². The third-order valence-corrected chi connectivity index (χ3v) is 8.68. The number of carbonyl (C=O) groups is 1. The van der Waals surface area contributed by atoms with Gasteiger partial charge in [0.1, 0.15) is 5.65 Å². The fourth-order valence-corrected chi connectivity index (χ4v) is 6.48. The minimum absolute atomic E-state index is 0.123. The van der Waals surface area contributed by atoms with E-state index in [1.54, 1.807) is 0 Å². The van der Waals surface area contributed by atoms with Crippen molar-refractivity contribution < 1.29 is 9.90 Å². The molecule has 3 aromatic rings. The van der Waals surface area contributed by atoms with E-state index in [2.05, 4.69) is 61.1 Å². The summed E-state index contributed by atoms with van der Waals surface area (Å²) >= 11 is 0. The molecule has 1 saturated carbocycles. The van der Waals surface area contributed by atoms with E-state index in [0.29, 0.717) is 23.9 Å². The van der Waals surface area contributed by atoms with Crippen LogP contribution in [0.4, 0.5) is 5.95 Å². The van der Waals surface area contributed by atoms with Gasteiger partial charge in [-0.2, -0.15) is 4.98 Å². The molecule has 1 amide bonds. The van der Waals surface area contributed by atoms with Gasteiger partial charge in [-0.3, -0.25) is 4.79 Å². The number of fused-ring (bicyclic) bond motifs is 1. The molecule has 1 aromatic carbocycles. The molecular formula is C32H46N6O2. The van der Waals surface area contributed by atoms with Gasteiger partial charge in [-0.05, 0) is 95.1 Å². The molecule has 8 heteroatoms. The van der Waals surface area contributed by atoms with Crippen molar-refractivity contribution in [1.82, 2.24) is 24.3 Å². The third-order valence-electron chi connectivity index (χ3n) is 8.68. The summed E-state index contributed by atoms with van der Waals surface area (Å²) in [5.74, 6) is 1.18. The minimum Gasteiger partial charge on any atom is -0.393 e. The van der Waals surface area contributed by atoms with Crippen LogP contribution in [0.3, 0.4) is 0 Å². The number of rotatable bonds is 9. The van der Waals surface area contributed by atoms with Gasteiger partial charge in [0.05, 0.1) is 6.10 Å². The Morgan fingerprint density at radius 1 is 1.10 bits per heavy atom. The Morgan fingerprint density at radius 2 is 1.80 bits per heavy atom. The molecule has 40 heavy (non-hydrogen) atoms. The molecule has 2 aromatic heterocycles. The number of amides is 1. The average Bonchev–Trinajstić information content (AvgIpc) is 3.32. The summed E-state index contributed by atoms with van der Waals surface area (Å²) in [4.78, 5) is 27.1. The molecule has 3 heterocycles. The largest absolute Gasteiger partial charge is 0.393 e. The highest BCUT2D eigenvalue weighted by Gasteiger charge is 2.29. The Labute approximate surface area is 238 Å². The Bertz CT molecular complexity index is 1270. The maximum Gasteiger partial charge on any atom is 0.253 e. The number of carbonyl (C=O) groups excluding carboxylic acids is 1. The van der Waals surface area contributed by atoms with E-state index < -0.39 is 0 Å². The molecule has 1 aliphatic heterocycles. The number of hydrogen-bond acceptors (Lipinski definition) is 6. The van der Waals surface area contributed by atoms with Gasteiger partial charge in [0, 0.05) is 55.1 Å². The van der Waals surface area contributed by atoms with Crippen molar-refractivity contribution in [2.24, 2.45) is 0 Å². The fourth-order valence-electron chi connectivity index (χ4n) is 6.48. The van der Waals surface area contributed by atoms with Crippen LogP contribution in [0.1, 0.15) is 98.7 Å². The van der Waals surface area contributed by atoms with E-state index in [1.807, 2.05) is 23.2 Å². The number of hydrogen-bond donors (Lipinski definition) is 2. The molecule has 216 valence electrons. The molecular weight excluding hydrogens is 500 g/mol. The fraction of sp³-hybridized carbons (Fsp3) is 0.594. The summed E-state index contributed by atoms with van der Waals surface area (Å²) in [7, 11) is 4.10. The summed E-state index contributed by atoms with van der Waals surface area (Å²) in [6, 6.07) is 8.71. The minimum atomic E-state index is -0.189. The van der Waals surface area contributed by atoms with Gasteiger partial charge < -0.3 is 24.8 Å². The van der Waals surface area contributed by atoms with Crippen LogP contribution in [-0.4, -0.2) is 74.7 Å². The first kappa shape index (κ1) is 28.6. The number of aliphatic hydroxyl groups excluding tert-OH is 1. The zero-order valence-corrected chi connectivity index (χ0v) is 24.6. The molecule has 1 atom stereocenters. The molecule has 2 fully saturated rings. The standard InChI is InChI=1S/C32H46N6O2/c1-5-6-22(2)34-32-33-19-28-29(21-38(30(28)35-32)26-11-13-27(39)14-12-26)24-15-17-37(18-16-24)31(40)25-9-7-23(8-10-25)20-36(3)4/h7-10,19,21-22,24,26-27,39H,5-6,11-18,20H2,1-4H3,(H,33,34,35). The lowest BCUT2D eigenvalue weighted by molar-refractivity contribution is 0.0713. The molecule has 5 rings (SSSR count). The highest BCUT2D eigenvalue weighted by atomic mass is 16.3. The SMILES string of the molecule is CCCC(C)Nc1ncc2c(C3CCN(C(=O)c4ccc(CN(C)C)cc4)CC3)cn(C3CCC(O)CC3)c2n1. The van der Waals surface area contributed by atoms with E-state index >= 15 is 0 Å². The van der Waals surface area contributed by atoms with Crippen molar-refractivity contribution in [3.05, 3.63) is 53.3 Å². The second kappa shape index (κ2) is 12.7. The van der Waals surface area contributed by atoms with Crippen molar-refractivity contribution in [1.29, 1.82) is 0 Å². The van der Waals surface area contributed by atoms with Crippen molar-refractivity contribution >= 4 is 22.9 Å². The number of nitrogens with one attached hydrogen (secondary N) is 1. The molecule has 0 spiro atoms. The zero-order valence-electron chi connectivity index (χ0n) is 24.6. The van der Waals surface area contributed by atoms with Gasteiger partial charge >= 0.3 is 0 Å². The maximum atomic E-state index is 13.3. The van der Waals surface area contributed by atoms with Crippen LogP contribution < -0.4 is 5.32 Å². The molecule has 2 aliphatic rings. The molecule has 8 nitrogen and oxygen atoms in total. The van der Waals surface area contributed by atoms with Gasteiger partial charge in [-0.1, -0.05) is 25.5 Å². The van der Waals surface area contributed by atoms with Crippen LogP contribution in [0.5, 0.6) is 0 Å². The normalized spacial score (nSPS) is 21.2. The number of aromatic nitrogens is 3. The summed E-state index contributed by atoms with van der Waals surface area (Å²) in [6.07, 6.45) is 11.8. The van der Waals surface area contributed by atoms with Crippen LogP contribution >= 0.6 is 0 Å². The lowest BCUT2D eigenvalue weighted by atomic mass is 9.89. The smallest absolute Gasteiger partial charge is 0.253 e. The molecule has 1 aliphatic carbocycles. The van der Waals surface area contributed by atoms with Crippen LogP contribution in [0, 0.1) is 0 Å². The molecule has 1 saturated heterocycles. The summed E-state index contributed by atoms with van der Waals surface area (Å²) < 4.78 is 2.36. The Hall–Kier alpha value is -2.97. The first-order valence-corrected chi connectivity index (χ1v) is 15.2. The predicted octanol–water partition coefficient (Wildman–Crippen LogP) is 5.59. The van der Waals surface area contributed by atoms with Gasteiger partial charge in [-0.15, -0.1) is 0 Å². The summed E-state index contributed by atoms with van der Waals surface area (Å²) in [5, 5.41) is 14.7. The molecule has 1 unspecified atom stereocenters. The van der Waals surface area contributed by atoms with E-state index in [1.165, 1.54) is 11.1 Å². The average molecular weight is 547 g/mol. The maximum absolute atomic E-state index is 13.3. The summed E-state index contributed by atoms with van der Waals surface area (Å²) in [5.41, 5.74) is 4.27. The van der Waals surface area contributed by atoms with Crippen LogP contribution in [0.2, 0.25) is 0 Å². The number of nitrogens with zero attached hydrogens (tertiary/aromatic N) is 5. The van der Waals surface area contributed by atoms with Crippen LogP contribution in [-0.2, 0) is 6.54 Å². The second-order valence-electron chi connectivity index (χ2n) is 12.2. The van der Waals surface area contributed by atoms with E-state index in [-0.39, 0.29) is 12.0 Å². The quantitative estimate of drug-likeness (QED) is 0.364. The Balaban J connectivity index is 1.33. The van der Waals surface area contributed by atoms with Crippen LogP contribution in [0.25, 0.3) is 11.0 Å². The van der Waals surface area contributed by atoms with E-state index in [9.17, 15) is 9.90 Å². The van der Waals surface area contributed by atoms with Gasteiger partial charge in [-0.25, -0.2) is 4.98 Å². The summed E-state index contributed by atoms with van der Waals surface area (Å²) in [6.45, 7) is 6.74. The van der Waals surface area contributed by atoms with E-state index in [0.717, 1.165) is 87.6 Å². The number of anilines is 1. The van der Waals surface area contributed by atoms with Crippen molar-refractivity contribution in [3.63, 3.8) is 0 Å². The lowest BCUT2D eigenvalue weighted by Crippen LogP contribution is -2.37. The molecule has 0 radical (unpaired) electrons.